The average Bonchev–Trinajstić information content (AvgIpc) is 2.58. The first-order valence-electron chi connectivity index (χ1n) is 7.73. The van der Waals surface area contributed by atoms with E-state index in [0.717, 1.165) is 0 Å². The molecule has 9 heteroatoms. The predicted molar refractivity (Wildman–Crippen MR) is 86.1 cm³/mol. The summed E-state index contributed by atoms with van der Waals surface area (Å²) in [5.41, 5.74) is 5.54. The van der Waals surface area contributed by atoms with E-state index in [-0.39, 0.29) is 18.8 Å². The second-order valence-corrected chi connectivity index (χ2v) is 4.96. The fourth-order valence-electron chi connectivity index (χ4n) is 2.08. The minimum absolute atomic E-state index is 0.0436. The van der Waals surface area contributed by atoms with Crippen LogP contribution < -0.4 is 11.1 Å². The molecular weight excluding hydrogens is 330 g/mol. The molecule has 0 aliphatic carbocycles. The van der Waals surface area contributed by atoms with Crippen molar-refractivity contribution in [1.82, 2.24) is 10.3 Å². The number of nitrogens with zero attached hydrogens (tertiary/aromatic N) is 1. The minimum Gasteiger partial charge on any atom is -0.466 e. The lowest BCUT2D eigenvalue weighted by Crippen LogP contribution is -2.52. The fourth-order valence-corrected chi connectivity index (χ4v) is 2.08. The van der Waals surface area contributed by atoms with Crippen LogP contribution in [0.3, 0.4) is 0 Å². The standard InChI is InChI=1S/C16H21N3O6/c1-3-24-12(20)9-11(16(23)25-4-2)13(14(17)21)19-15(22)10-5-7-18-8-6-10/h5-8,11,13H,3-4,9H2,1-2H3,(H2,17,21)(H,19,22)/t11-,13-/m1/s1. The first kappa shape index (κ1) is 20.1. The van der Waals surface area contributed by atoms with Crippen LogP contribution in [-0.4, -0.2) is 48.0 Å². The number of rotatable bonds is 9. The van der Waals surface area contributed by atoms with Gasteiger partial charge in [-0.1, -0.05) is 0 Å². The van der Waals surface area contributed by atoms with Crippen LogP contribution in [0.4, 0.5) is 0 Å². The molecule has 9 nitrogen and oxygen atoms in total. The number of carbonyl (C=O) groups is 4. The van der Waals surface area contributed by atoms with Crippen molar-refractivity contribution in [3.63, 3.8) is 0 Å². The number of nitrogens with one attached hydrogen (secondary N) is 1. The molecule has 0 radical (unpaired) electrons. The van der Waals surface area contributed by atoms with Crippen LogP contribution in [0.2, 0.25) is 0 Å². The maximum absolute atomic E-state index is 12.2. The summed E-state index contributed by atoms with van der Waals surface area (Å²) in [4.78, 5) is 51.7. The highest BCUT2D eigenvalue weighted by molar-refractivity contribution is 5.99. The lowest BCUT2D eigenvalue weighted by Gasteiger charge is -2.23. The Hall–Kier alpha value is -2.97. The van der Waals surface area contributed by atoms with Gasteiger partial charge in [0.25, 0.3) is 5.91 Å². The molecule has 1 aromatic rings. The molecule has 0 aliphatic heterocycles. The number of carbonyl (C=O) groups excluding carboxylic acids is 4. The number of ether oxygens (including phenoxy) is 2. The van der Waals surface area contributed by atoms with E-state index >= 15 is 0 Å². The molecular formula is C16H21N3O6. The number of nitrogens with two attached hydrogens (primary N) is 1. The summed E-state index contributed by atoms with van der Waals surface area (Å²) in [5.74, 6) is -4.42. The van der Waals surface area contributed by atoms with Gasteiger partial charge in [-0.15, -0.1) is 0 Å². The second-order valence-electron chi connectivity index (χ2n) is 4.96. The maximum Gasteiger partial charge on any atom is 0.312 e. The Morgan fingerprint density at radius 2 is 1.72 bits per heavy atom. The van der Waals surface area contributed by atoms with Gasteiger partial charge in [0.15, 0.2) is 0 Å². The molecule has 0 saturated heterocycles. The highest BCUT2D eigenvalue weighted by Crippen LogP contribution is 2.14. The van der Waals surface area contributed by atoms with Crippen molar-refractivity contribution in [2.24, 2.45) is 11.7 Å². The van der Waals surface area contributed by atoms with E-state index in [1.54, 1.807) is 13.8 Å². The Balaban J connectivity index is 3.01. The summed E-state index contributed by atoms with van der Waals surface area (Å²) in [6, 6.07) is 1.43. The van der Waals surface area contributed by atoms with Crippen LogP contribution in [0.25, 0.3) is 0 Å². The summed E-state index contributed by atoms with van der Waals surface area (Å²) in [6.45, 7) is 3.34. The van der Waals surface area contributed by atoms with Gasteiger partial charge in [0.05, 0.1) is 25.6 Å². The summed E-state index contributed by atoms with van der Waals surface area (Å²) in [5, 5.41) is 2.37. The summed E-state index contributed by atoms with van der Waals surface area (Å²) in [7, 11) is 0. The van der Waals surface area contributed by atoms with Crippen LogP contribution in [0.5, 0.6) is 0 Å². The van der Waals surface area contributed by atoms with Crippen molar-refractivity contribution in [2.45, 2.75) is 26.3 Å². The van der Waals surface area contributed by atoms with Crippen LogP contribution in [-0.2, 0) is 23.9 Å². The molecule has 2 amide bonds. The zero-order valence-corrected chi connectivity index (χ0v) is 14.1. The SMILES string of the molecule is CCOC(=O)C[C@@H](C(=O)OCC)[C@@H](NC(=O)c1ccncc1)C(N)=O. The zero-order valence-electron chi connectivity index (χ0n) is 14.1. The van der Waals surface area contributed by atoms with Gasteiger partial charge in [-0.3, -0.25) is 24.2 Å². The van der Waals surface area contributed by atoms with Gasteiger partial charge >= 0.3 is 11.9 Å². The molecule has 1 aromatic heterocycles. The highest BCUT2D eigenvalue weighted by atomic mass is 16.5. The Morgan fingerprint density at radius 1 is 1.12 bits per heavy atom. The van der Waals surface area contributed by atoms with E-state index in [1.165, 1.54) is 24.5 Å². The number of pyridine rings is 1. The molecule has 25 heavy (non-hydrogen) atoms. The molecule has 136 valence electrons. The predicted octanol–water partition coefficient (Wildman–Crippen LogP) is -0.202. The van der Waals surface area contributed by atoms with Crippen LogP contribution in [0, 0.1) is 5.92 Å². The maximum atomic E-state index is 12.2. The molecule has 0 aromatic carbocycles. The summed E-state index contributed by atoms with van der Waals surface area (Å²) in [6.07, 6.45) is 2.35. The number of esters is 2. The van der Waals surface area contributed by atoms with Gasteiger partial charge in [0.2, 0.25) is 5.91 Å². The molecule has 0 unspecified atom stereocenters. The molecule has 3 N–H and O–H groups in total. The zero-order chi connectivity index (χ0) is 18.8. The third-order valence-corrected chi connectivity index (χ3v) is 3.22. The monoisotopic (exact) mass is 351 g/mol. The van der Waals surface area contributed by atoms with Crippen LogP contribution in [0.1, 0.15) is 30.6 Å². The van der Waals surface area contributed by atoms with E-state index in [2.05, 4.69) is 10.3 Å². The lowest BCUT2D eigenvalue weighted by molar-refractivity contribution is -0.156. The van der Waals surface area contributed by atoms with Gasteiger partial charge < -0.3 is 20.5 Å². The minimum atomic E-state index is -1.43. The first-order valence-corrected chi connectivity index (χ1v) is 7.73. The van der Waals surface area contributed by atoms with E-state index in [9.17, 15) is 19.2 Å². The number of amides is 2. The Bertz CT molecular complexity index is 620. The molecule has 0 bridgehead atoms. The van der Waals surface area contributed by atoms with Crippen molar-refractivity contribution >= 4 is 23.8 Å². The van der Waals surface area contributed by atoms with E-state index in [0.29, 0.717) is 0 Å². The second kappa shape index (κ2) is 10.0. The van der Waals surface area contributed by atoms with Gasteiger partial charge in [0.1, 0.15) is 6.04 Å². The van der Waals surface area contributed by atoms with Gasteiger partial charge in [-0.05, 0) is 26.0 Å². The van der Waals surface area contributed by atoms with Gasteiger partial charge in [-0.25, -0.2) is 0 Å². The third-order valence-electron chi connectivity index (χ3n) is 3.22. The Kier molecular flexibility index (Phi) is 8.04. The van der Waals surface area contributed by atoms with Crippen molar-refractivity contribution in [3.8, 4) is 0 Å². The Morgan fingerprint density at radius 3 is 2.24 bits per heavy atom. The van der Waals surface area contributed by atoms with Crippen molar-refractivity contribution in [2.75, 3.05) is 13.2 Å². The average molecular weight is 351 g/mol. The molecule has 1 rings (SSSR count). The summed E-state index contributed by atoms with van der Waals surface area (Å²) < 4.78 is 9.69. The normalized spacial score (nSPS) is 12.6. The molecule has 0 spiro atoms. The molecule has 0 saturated carbocycles. The van der Waals surface area contributed by atoms with Crippen LogP contribution in [0.15, 0.2) is 24.5 Å². The van der Waals surface area contributed by atoms with Crippen LogP contribution >= 0.6 is 0 Å². The van der Waals surface area contributed by atoms with Crippen molar-refractivity contribution in [3.05, 3.63) is 30.1 Å². The third kappa shape index (κ3) is 6.21. The lowest BCUT2D eigenvalue weighted by atomic mass is 9.95. The van der Waals surface area contributed by atoms with E-state index in [4.69, 9.17) is 15.2 Å². The number of hydrogen-bond acceptors (Lipinski definition) is 7. The van der Waals surface area contributed by atoms with Gasteiger partial charge in [0, 0.05) is 18.0 Å². The molecule has 0 fully saturated rings. The largest absolute Gasteiger partial charge is 0.466 e. The van der Waals surface area contributed by atoms with Crippen molar-refractivity contribution < 1.29 is 28.7 Å². The van der Waals surface area contributed by atoms with Crippen molar-refractivity contribution in [1.29, 1.82) is 0 Å². The first-order chi connectivity index (χ1) is 11.9. The molecule has 0 aliphatic rings. The van der Waals surface area contributed by atoms with Gasteiger partial charge in [-0.2, -0.15) is 0 Å². The number of hydrogen-bond donors (Lipinski definition) is 2. The number of aromatic nitrogens is 1. The fraction of sp³-hybridized carbons (Fsp3) is 0.438. The van der Waals surface area contributed by atoms with E-state index in [1.807, 2.05) is 0 Å². The Labute approximate surface area is 144 Å². The quantitative estimate of drug-likeness (QED) is 0.587. The molecule has 2 atom stereocenters. The topological polar surface area (TPSA) is 138 Å². The highest BCUT2D eigenvalue weighted by Gasteiger charge is 2.37. The smallest absolute Gasteiger partial charge is 0.312 e. The molecule has 1 heterocycles. The van der Waals surface area contributed by atoms with E-state index < -0.39 is 42.1 Å². The number of primary amides is 1. The summed E-state index contributed by atoms with van der Waals surface area (Å²) >= 11 is 0.